The highest BCUT2D eigenvalue weighted by Crippen LogP contribution is 2.34. The molecule has 0 fully saturated rings. The van der Waals surface area contributed by atoms with Crippen molar-refractivity contribution < 1.29 is 22.0 Å². The molecule has 0 aliphatic rings. The zero-order valence-electron chi connectivity index (χ0n) is 16.9. The van der Waals surface area contributed by atoms with Gasteiger partial charge in [0.1, 0.15) is 11.4 Å². The minimum absolute atomic E-state index is 0.0323. The van der Waals surface area contributed by atoms with E-state index in [9.17, 15) is 17.6 Å². The van der Waals surface area contributed by atoms with Crippen molar-refractivity contribution in [3.05, 3.63) is 88.4 Å². The number of ketones is 1. The molecule has 0 amide bonds. The average molecular weight is 473 g/mol. The second-order valence-corrected chi connectivity index (χ2v) is 9.54. The van der Waals surface area contributed by atoms with Crippen LogP contribution >= 0.6 is 11.6 Å². The molecule has 0 radical (unpaired) electrons. The smallest absolute Gasteiger partial charge is 0.231 e. The van der Waals surface area contributed by atoms with Crippen LogP contribution in [0, 0.1) is 5.82 Å². The van der Waals surface area contributed by atoms with Crippen molar-refractivity contribution >= 4 is 44.1 Å². The second-order valence-electron chi connectivity index (χ2n) is 7.30. The Hall–Kier alpha value is -3.20. The van der Waals surface area contributed by atoms with Crippen LogP contribution < -0.4 is 10.5 Å². The van der Waals surface area contributed by atoms with Crippen LogP contribution in [-0.4, -0.2) is 20.5 Å². The zero-order chi connectivity index (χ0) is 23.0. The number of carbonyl (C=O) groups excluding carboxylic acids is 1. The Kier molecular flexibility index (Phi) is 5.77. The largest absolute Gasteiger partial charge is 0.450 e. The highest BCUT2D eigenvalue weighted by Gasteiger charge is 2.22. The Balaban J connectivity index is 1.69. The summed E-state index contributed by atoms with van der Waals surface area (Å²) in [5.41, 5.74) is 9.24. The SMILES string of the molecule is CS(=O)(=O)NCc1cccc(-c2ccc3c(N)c(C(=O)c4ccc(F)cc4Cl)oc3c2)c1. The van der Waals surface area contributed by atoms with Crippen LogP contribution in [0.2, 0.25) is 5.02 Å². The molecular weight excluding hydrogens is 455 g/mol. The van der Waals surface area contributed by atoms with E-state index >= 15 is 0 Å². The van der Waals surface area contributed by atoms with Gasteiger partial charge in [0.25, 0.3) is 0 Å². The fourth-order valence-corrected chi connectivity index (χ4v) is 4.02. The highest BCUT2D eigenvalue weighted by atomic mass is 35.5. The summed E-state index contributed by atoms with van der Waals surface area (Å²) in [6.45, 7) is 0.166. The van der Waals surface area contributed by atoms with Gasteiger partial charge in [0, 0.05) is 17.5 Å². The number of sulfonamides is 1. The van der Waals surface area contributed by atoms with E-state index in [0.717, 1.165) is 35.1 Å². The summed E-state index contributed by atoms with van der Waals surface area (Å²) in [5.74, 6) is -1.17. The monoisotopic (exact) mass is 472 g/mol. The fourth-order valence-electron chi connectivity index (χ4n) is 3.34. The first-order chi connectivity index (χ1) is 15.1. The molecule has 0 saturated carbocycles. The van der Waals surface area contributed by atoms with Gasteiger partial charge in [-0.25, -0.2) is 17.5 Å². The van der Waals surface area contributed by atoms with Crippen molar-refractivity contribution in [2.24, 2.45) is 0 Å². The molecule has 0 saturated heterocycles. The third kappa shape index (κ3) is 4.52. The number of hydrogen-bond donors (Lipinski definition) is 2. The zero-order valence-corrected chi connectivity index (χ0v) is 18.4. The van der Waals surface area contributed by atoms with E-state index in [1.54, 1.807) is 12.1 Å². The van der Waals surface area contributed by atoms with Crippen molar-refractivity contribution in [1.82, 2.24) is 4.72 Å². The molecule has 4 rings (SSSR count). The first-order valence-electron chi connectivity index (χ1n) is 9.48. The summed E-state index contributed by atoms with van der Waals surface area (Å²) in [5, 5.41) is 0.528. The summed E-state index contributed by atoms with van der Waals surface area (Å²) in [4.78, 5) is 12.9. The molecule has 0 aliphatic carbocycles. The van der Waals surface area contributed by atoms with Gasteiger partial charge in [0.2, 0.25) is 15.8 Å². The number of fused-ring (bicyclic) bond motifs is 1. The van der Waals surface area contributed by atoms with E-state index in [-0.39, 0.29) is 28.6 Å². The number of nitrogens with one attached hydrogen (secondary N) is 1. The number of nitrogen functional groups attached to an aromatic ring is 1. The molecule has 1 heterocycles. The van der Waals surface area contributed by atoms with Crippen molar-refractivity contribution in [2.75, 3.05) is 12.0 Å². The van der Waals surface area contributed by atoms with Crippen molar-refractivity contribution in [1.29, 1.82) is 0 Å². The molecule has 0 bridgehead atoms. The predicted octanol–water partition coefficient (Wildman–Crippen LogP) is 4.75. The minimum Gasteiger partial charge on any atom is -0.450 e. The molecule has 1 aromatic heterocycles. The molecule has 32 heavy (non-hydrogen) atoms. The number of nitrogens with two attached hydrogens (primary N) is 1. The van der Waals surface area contributed by atoms with Crippen molar-refractivity contribution in [2.45, 2.75) is 6.54 Å². The standard InChI is InChI=1S/C23H18ClFN2O4S/c1-32(29,30)27-12-13-3-2-4-14(9-13)15-5-7-18-20(10-15)31-23(21(18)26)22(28)17-8-6-16(25)11-19(17)24/h2-11,27H,12,26H2,1H3. The Morgan fingerprint density at radius 3 is 2.56 bits per heavy atom. The maximum atomic E-state index is 13.3. The van der Waals surface area contributed by atoms with E-state index in [1.165, 1.54) is 6.07 Å². The molecule has 4 aromatic rings. The third-order valence-corrected chi connectivity index (χ3v) is 5.89. The number of halogens is 2. The fraction of sp³-hybridized carbons (Fsp3) is 0.0870. The van der Waals surface area contributed by atoms with Gasteiger partial charge < -0.3 is 10.2 Å². The van der Waals surface area contributed by atoms with Crippen LogP contribution in [0.4, 0.5) is 10.1 Å². The molecular formula is C23H18ClFN2O4S. The van der Waals surface area contributed by atoms with Gasteiger partial charge >= 0.3 is 0 Å². The second kappa shape index (κ2) is 8.38. The van der Waals surface area contributed by atoms with Crippen LogP contribution in [0.25, 0.3) is 22.1 Å². The van der Waals surface area contributed by atoms with Gasteiger partial charge in [-0.2, -0.15) is 0 Å². The Morgan fingerprint density at radius 2 is 1.84 bits per heavy atom. The quantitative estimate of drug-likeness (QED) is 0.394. The summed E-state index contributed by atoms with van der Waals surface area (Å²) >= 11 is 6.01. The molecule has 164 valence electrons. The normalized spacial score (nSPS) is 11.7. The van der Waals surface area contributed by atoms with Gasteiger partial charge in [-0.1, -0.05) is 35.9 Å². The number of furan rings is 1. The van der Waals surface area contributed by atoms with Gasteiger partial charge in [0.05, 0.1) is 17.0 Å². The summed E-state index contributed by atoms with van der Waals surface area (Å²) in [6, 6.07) is 16.2. The summed E-state index contributed by atoms with van der Waals surface area (Å²) in [6.07, 6.45) is 1.10. The number of carbonyl (C=O) groups is 1. The van der Waals surface area contributed by atoms with E-state index in [4.69, 9.17) is 21.8 Å². The third-order valence-electron chi connectivity index (χ3n) is 4.91. The molecule has 0 spiro atoms. The topological polar surface area (TPSA) is 102 Å². The van der Waals surface area contributed by atoms with Crippen molar-refractivity contribution in [3.8, 4) is 11.1 Å². The number of rotatable bonds is 6. The number of hydrogen-bond acceptors (Lipinski definition) is 5. The van der Waals surface area contributed by atoms with Gasteiger partial charge in [-0.15, -0.1) is 0 Å². The molecule has 0 unspecified atom stereocenters. The lowest BCUT2D eigenvalue weighted by molar-refractivity contribution is 0.101. The van der Waals surface area contributed by atoms with Gasteiger partial charge in [-0.3, -0.25) is 4.79 Å². The maximum absolute atomic E-state index is 13.3. The maximum Gasteiger partial charge on any atom is 0.231 e. The Labute approximate surface area is 188 Å². The molecule has 9 heteroatoms. The molecule has 6 nitrogen and oxygen atoms in total. The van der Waals surface area contributed by atoms with Crippen LogP contribution in [0.3, 0.4) is 0 Å². The first-order valence-corrected chi connectivity index (χ1v) is 11.7. The van der Waals surface area contributed by atoms with E-state index in [2.05, 4.69) is 4.72 Å². The Bertz CT molecular complexity index is 1460. The van der Waals surface area contributed by atoms with Gasteiger partial charge in [-0.05, 0) is 53.1 Å². The van der Waals surface area contributed by atoms with Crippen molar-refractivity contribution in [3.63, 3.8) is 0 Å². The molecule has 3 aromatic carbocycles. The van der Waals surface area contributed by atoms with Crippen LogP contribution in [0.5, 0.6) is 0 Å². The minimum atomic E-state index is -3.31. The molecule has 0 aliphatic heterocycles. The van der Waals surface area contributed by atoms with Crippen LogP contribution in [0.15, 0.2) is 65.1 Å². The first kappa shape index (κ1) is 22.0. The van der Waals surface area contributed by atoms with Crippen LogP contribution in [0.1, 0.15) is 21.7 Å². The highest BCUT2D eigenvalue weighted by molar-refractivity contribution is 7.88. The Morgan fingerprint density at radius 1 is 1.09 bits per heavy atom. The molecule has 3 N–H and O–H groups in total. The number of benzene rings is 3. The lowest BCUT2D eigenvalue weighted by Crippen LogP contribution is -2.21. The van der Waals surface area contributed by atoms with E-state index in [1.807, 2.05) is 30.3 Å². The molecule has 0 atom stereocenters. The summed E-state index contributed by atoms with van der Waals surface area (Å²) < 4.78 is 44.2. The lowest BCUT2D eigenvalue weighted by atomic mass is 10.0. The van der Waals surface area contributed by atoms with E-state index < -0.39 is 21.6 Å². The van der Waals surface area contributed by atoms with Gasteiger partial charge in [0.15, 0.2) is 5.76 Å². The average Bonchev–Trinajstić information content (AvgIpc) is 3.07. The summed E-state index contributed by atoms with van der Waals surface area (Å²) in [7, 11) is -3.31. The van der Waals surface area contributed by atoms with E-state index in [0.29, 0.717) is 11.0 Å². The predicted molar refractivity (Wildman–Crippen MR) is 123 cm³/mol. The number of anilines is 1. The lowest BCUT2D eigenvalue weighted by Gasteiger charge is -2.06. The van der Waals surface area contributed by atoms with Crippen LogP contribution in [-0.2, 0) is 16.6 Å².